The highest BCUT2D eigenvalue weighted by Crippen LogP contribution is 2.35. The largest absolute Gasteiger partial charge is 0.290 e. The van der Waals surface area contributed by atoms with Crippen molar-refractivity contribution >= 4 is 11.5 Å². The van der Waals surface area contributed by atoms with Crippen molar-refractivity contribution in [3.05, 3.63) is 22.8 Å². The molecule has 0 amide bonds. The summed E-state index contributed by atoms with van der Waals surface area (Å²) < 4.78 is 0. The Bertz CT molecular complexity index is 408. The zero-order valence-electron chi connectivity index (χ0n) is 9.14. The monoisotopic (exact) mass is 189 g/mol. The van der Waals surface area contributed by atoms with Crippen LogP contribution < -0.4 is 0 Å². The molecule has 1 heterocycles. The first-order chi connectivity index (χ1) is 6.41. The molecule has 2 nitrogen and oxygen atoms in total. The third-order valence-electron chi connectivity index (χ3n) is 2.85. The Balaban J connectivity index is 2.57. The number of rotatable bonds is 0. The Kier molecular flexibility index (Phi) is 1.78. The van der Waals surface area contributed by atoms with Gasteiger partial charge >= 0.3 is 0 Å². The van der Waals surface area contributed by atoms with Crippen LogP contribution in [0.25, 0.3) is 0 Å². The summed E-state index contributed by atoms with van der Waals surface area (Å²) in [5.41, 5.74) is 4.05. The Labute approximate surface area is 84.4 Å². The Hall–Kier alpha value is -1.18. The van der Waals surface area contributed by atoms with Gasteiger partial charge in [-0.1, -0.05) is 0 Å². The average molecular weight is 189 g/mol. The normalized spacial score (nSPS) is 24.7. The molecule has 0 aromatic heterocycles. The topological polar surface area (TPSA) is 29.4 Å². The van der Waals surface area contributed by atoms with E-state index in [0.717, 1.165) is 28.9 Å². The summed E-state index contributed by atoms with van der Waals surface area (Å²) in [5.74, 6) is 0.147. The molecule has 0 bridgehead atoms. The van der Waals surface area contributed by atoms with E-state index in [0.29, 0.717) is 0 Å². The van der Waals surface area contributed by atoms with Crippen LogP contribution in [0.15, 0.2) is 27.8 Å². The summed E-state index contributed by atoms with van der Waals surface area (Å²) in [7, 11) is 0. The molecule has 2 aliphatic rings. The van der Waals surface area contributed by atoms with Crippen LogP contribution in [0.1, 0.15) is 34.1 Å². The summed E-state index contributed by atoms with van der Waals surface area (Å²) in [6.45, 7) is 8.08. The van der Waals surface area contributed by atoms with Crippen LogP contribution in [0, 0.1) is 0 Å². The third-order valence-corrected chi connectivity index (χ3v) is 2.85. The molecule has 14 heavy (non-hydrogen) atoms. The van der Waals surface area contributed by atoms with E-state index in [1.165, 1.54) is 0 Å². The maximum atomic E-state index is 11.6. The maximum Gasteiger partial charge on any atom is 0.182 e. The SMILES string of the molecule is CC1=CC(=O)C(C)=C2CC(C)(C)N=C12. The lowest BCUT2D eigenvalue weighted by Gasteiger charge is -2.14. The van der Waals surface area contributed by atoms with Crippen LogP contribution >= 0.6 is 0 Å². The average Bonchev–Trinajstić information content (AvgIpc) is 2.38. The van der Waals surface area contributed by atoms with Crippen LogP contribution in [-0.4, -0.2) is 17.0 Å². The van der Waals surface area contributed by atoms with Crippen LogP contribution in [0.4, 0.5) is 0 Å². The highest BCUT2D eigenvalue weighted by molar-refractivity contribution is 6.25. The number of carbonyl (C=O) groups is 1. The highest BCUT2D eigenvalue weighted by Gasteiger charge is 2.33. The molecule has 74 valence electrons. The highest BCUT2D eigenvalue weighted by atomic mass is 16.1. The van der Waals surface area contributed by atoms with Crippen LogP contribution in [0.2, 0.25) is 0 Å². The first-order valence-electron chi connectivity index (χ1n) is 4.94. The van der Waals surface area contributed by atoms with Gasteiger partial charge in [-0.3, -0.25) is 9.79 Å². The molecule has 0 spiro atoms. The summed E-state index contributed by atoms with van der Waals surface area (Å²) in [6.07, 6.45) is 2.59. The van der Waals surface area contributed by atoms with E-state index < -0.39 is 0 Å². The summed E-state index contributed by atoms with van der Waals surface area (Å²) in [5, 5.41) is 0. The first kappa shape index (κ1) is 9.38. The predicted molar refractivity (Wildman–Crippen MR) is 57.6 cm³/mol. The van der Waals surface area contributed by atoms with Crippen molar-refractivity contribution in [2.75, 3.05) is 0 Å². The van der Waals surface area contributed by atoms with E-state index in [9.17, 15) is 4.79 Å². The molecule has 0 atom stereocenters. The molecular weight excluding hydrogens is 174 g/mol. The molecule has 0 unspecified atom stereocenters. The molecule has 0 saturated heterocycles. The molecule has 0 saturated carbocycles. The van der Waals surface area contributed by atoms with Gasteiger partial charge < -0.3 is 0 Å². The van der Waals surface area contributed by atoms with Gasteiger partial charge in [0.05, 0.1) is 11.3 Å². The minimum absolute atomic E-state index is 0.0361. The number of carbonyl (C=O) groups excluding carboxylic acids is 1. The molecule has 0 aromatic rings. The molecule has 0 fully saturated rings. The minimum Gasteiger partial charge on any atom is -0.290 e. The summed E-state index contributed by atoms with van der Waals surface area (Å²) in [4.78, 5) is 16.2. The van der Waals surface area contributed by atoms with Gasteiger partial charge in [0, 0.05) is 5.57 Å². The second-order valence-corrected chi connectivity index (χ2v) is 4.74. The maximum absolute atomic E-state index is 11.6. The van der Waals surface area contributed by atoms with E-state index >= 15 is 0 Å². The van der Waals surface area contributed by atoms with Crippen molar-refractivity contribution in [3.63, 3.8) is 0 Å². The van der Waals surface area contributed by atoms with Crippen molar-refractivity contribution in [1.82, 2.24) is 0 Å². The fraction of sp³-hybridized carbons (Fsp3) is 0.500. The Morgan fingerprint density at radius 1 is 1.36 bits per heavy atom. The zero-order chi connectivity index (χ0) is 10.5. The van der Waals surface area contributed by atoms with E-state index in [1.807, 2.05) is 13.8 Å². The van der Waals surface area contributed by atoms with Crippen molar-refractivity contribution in [2.24, 2.45) is 4.99 Å². The van der Waals surface area contributed by atoms with Gasteiger partial charge in [0.15, 0.2) is 5.78 Å². The molecular formula is C12H15NO. The van der Waals surface area contributed by atoms with Gasteiger partial charge in [-0.05, 0) is 51.3 Å². The molecule has 0 N–H and O–H groups in total. The van der Waals surface area contributed by atoms with E-state index in [4.69, 9.17) is 0 Å². The lowest BCUT2D eigenvalue weighted by molar-refractivity contribution is -0.111. The van der Waals surface area contributed by atoms with Crippen molar-refractivity contribution < 1.29 is 4.79 Å². The molecule has 2 rings (SSSR count). The third kappa shape index (κ3) is 1.26. The van der Waals surface area contributed by atoms with Crippen molar-refractivity contribution in [2.45, 2.75) is 39.7 Å². The zero-order valence-corrected chi connectivity index (χ0v) is 9.14. The Morgan fingerprint density at radius 3 is 2.64 bits per heavy atom. The number of hydrogen-bond acceptors (Lipinski definition) is 2. The lowest BCUT2D eigenvalue weighted by atomic mass is 9.87. The van der Waals surface area contributed by atoms with Crippen LogP contribution in [-0.2, 0) is 4.79 Å². The van der Waals surface area contributed by atoms with E-state index in [2.05, 4.69) is 18.8 Å². The fourth-order valence-corrected chi connectivity index (χ4v) is 2.08. The molecule has 0 aromatic carbocycles. The molecule has 1 aliphatic carbocycles. The number of nitrogens with zero attached hydrogens (tertiary/aromatic N) is 1. The van der Waals surface area contributed by atoms with Gasteiger partial charge in [0.25, 0.3) is 0 Å². The summed E-state index contributed by atoms with van der Waals surface area (Å²) >= 11 is 0. The molecule has 1 aliphatic heterocycles. The standard InChI is InChI=1S/C12H15NO/c1-7-5-10(14)8(2)9-6-12(3,4)13-11(7)9/h5H,6H2,1-4H3. The Morgan fingerprint density at radius 2 is 2.00 bits per heavy atom. The number of ketones is 1. The molecule has 0 radical (unpaired) electrons. The number of aliphatic imine (C=N–C) groups is 1. The smallest absolute Gasteiger partial charge is 0.182 e. The molecule has 2 heteroatoms. The predicted octanol–water partition coefficient (Wildman–Crippen LogP) is 2.46. The minimum atomic E-state index is -0.0361. The fourth-order valence-electron chi connectivity index (χ4n) is 2.08. The second kappa shape index (κ2) is 2.66. The number of fused-ring (bicyclic) bond motifs is 1. The van der Waals surface area contributed by atoms with Crippen molar-refractivity contribution in [1.29, 1.82) is 0 Å². The van der Waals surface area contributed by atoms with Crippen LogP contribution in [0.3, 0.4) is 0 Å². The van der Waals surface area contributed by atoms with Gasteiger partial charge in [0.1, 0.15) is 0 Å². The van der Waals surface area contributed by atoms with E-state index in [-0.39, 0.29) is 11.3 Å². The number of allylic oxidation sites excluding steroid dienone is 3. The van der Waals surface area contributed by atoms with Gasteiger partial charge in [-0.2, -0.15) is 0 Å². The second-order valence-electron chi connectivity index (χ2n) is 4.74. The van der Waals surface area contributed by atoms with Gasteiger partial charge in [-0.15, -0.1) is 0 Å². The van der Waals surface area contributed by atoms with Crippen LogP contribution in [0.5, 0.6) is 0 Å². The first-order valence-corrected chi connectivity index (χ1v) is 4.94. The number of hydrogen-bond donors (Lipinski definition) is 0. The lowest BCUT2D eigenvalue weighted by Crippen LogP contribution is -2.14. The van der Waals surface area contributed by atoms with Gasteiger partial charge in [-0.25, -0.2) is 0 Å². The quantitative estimate of drug-likeness (QED) is 0.538. The van der Waals surface area contributed by atoms with Gasteiger partial charge in [0.2, 0.25) is 0 Å². The van der Waals surface area contributed by atoms with E-state index in [1.54, 1.807) is 6.08 Å². The summed E-state index contributed by atoms with van der Waals surface area (Å²) in [6, 6.07) is 0. The van der Waals surface area contributed by atoms with Crippen molar-refractivity contribution in [3.8, 4) is 0 Å².